The van der Waals surface area contributed by atoms with Crippen LogP contribution in [0.1, 0.15) is 43.2 Å². The van der Waals surface area contributed by atoms with Crippen molar-refractivity contribution in [2.75, 3.05) is 25.0 Å². The second kappa shape index (κ2) is 5.82. The van der Waals surface area contributed by atoms with Gasteiger partial charge in [-0.05, 0) is 61.6 Å². The molecule has 1 aliphatic heterocycles. The van der Waals surface area contributed by atoms with E-state index in [4.69, 9.17) is 0 Å². The number of aliphatic hydroxyl groups is 1. The Kier molecular flexibility index (Phi) is 3.80. The highest BCUT2D eigenvalue weighted by Gasteiger charge is 2.50. The second-order valence-electron chi connectivity index (χ2n) is 7.57. The van der Waals surface area contributed by atoms with Crippen LogP contribution in [0.4, 0.5) is 10.5 Å². The highest BCUT2D eigenvalue weighted by molar-refractivity contribution is 5.90. The Hall–Kier alpha value is -1.55. The molecular weight excluding hydrogens is 288 g/mol. The van der Waals surface area contributed by atoms with Crippen LogP contribution in [0.15, 0.2) is 18.2 Å². The Morgan fingerprint density at radius 1 is 1.30 bits per heavy atom. The summed E-state index contributed by atoms with van der Waals surface area (Å²) < 4.78 is 0. The van der Waals surface area contributed by atoms with Gasteiger partial charge in [0.25, 0.3) is 0 Å². The predicted octanol–water partition coefficient (Wildman–Crippen LogP) is 3.19. The van der Waals surface area contributed by atoms with Crippen LogP contribution in [0, 0.1) is 11.3 Å². The molecular formula is C19H26N2O2. The molecule has 2 N–H and O–H groups in total. The van der Waals surface area contributed by atoms with Crippen molar-refractivity contribution >= 4 is 11.7 Å². The van der Waals surface area contributed by atoms with E-state index in [9.17, 15) is 9.90 Å². The van der Waals surface area contributed by atoms with Gasteiger partial charge in [-0.15, -0.1) is 0 Å². The number of amides is 2. The molecule has 0 aromatic heterocycles. The molecule has 1 aromatic rings. The van der Waals surface area contributed by atoms with Crippen LogP contribution in [0.3, 0.4) is 0 Å². The quantitative estimate of drug-likeness (QED) is 0.881. The van der Waals surface area contributed by atoms with Crippen LogP contribution in [0.5, 0.6) is 0 Å². The van der Waals surface area contributed by atoms with Crippen molar-refractivity contribution in [2.45, 2.75) is 44.9 Å². The van der Waals surface area contributed by atoms with E-state index in [-0.39, 0.29) is 18.1 Å². The topological polar surface area (TPSA) is 52.6 Å². The first-order valence-electron chi connectivity index (χ1n) is 8.99. The van der Waals surface area contributed by atoms with Crippen LogP contribution >= 0.6 is 0 Å². The SMILES string of the molecule is O=C(Nc1cccc2c1CCCC2)N1CC2CCC[C@@]2(CO)C1. The molecule has 23 heavy (non-hydrogen) atoms. The molecule has 0 spiro atoms. The van der Waals surface area contributed by atoms with Crippen molar-refractivity contribution in [3.63, 3.8) is 0 Å². The molecule has 1 unspecified atom stereocenters. The van der Waals surface area contributed by atoms with Crippen LogP contribution in [0.2, 0.25) is 0 Å². The van der Waals surface area contributed by atoms with E-state index < -0.39 is 0 Å². The van der Waals surface area contributed by atoms with E-state index >= 15 is 0 Å². The van der Waals surface area contributed by atoms with E-state index in [1.165, 1.54) is 30.4 Å². The fourth-order valence-corrected chi connectivity index (χ4v) is 4.92. The molecule has 3 aliphatic rings. The highest BCUT2D eigenvalue weighted by atomic mass is 16.3. The number of urea groups is 1. The Labute approximate surface area is 137 Å². The summed E-state index contributed by atoms with van der Waals surface area (Å²) in [5, 5.41) is 13.0. The largest absolute Gasteiger partial charge is 0.396 e. The molecule has 4 rings (SSSR count). The van der Waals surface area contributed by atoms with Gasteiger partial charge in [0.2, 0.25) is 0 Å². The molecule has 1 heterocycles. The molecule has 0 bridgehead atoms. The number of fused-ring (bicyclic) bond motifs is 2. The lowest BCUT2D eigenvalue weighted by molar-refractivity contribution is 0.114. The van der Waals surface area contributed by atoms with Gasteiger partial charge in [0, 0.05) is 24.2 Å². The first-order valence-corrected chi connectivity index (χ1v) is 8.99. The zero-order valence-corrected chi connectivity index (χ0v) is 13.7. The molecule has 2 atom stereocenters. The number of carbonyl (C=O) groups is 1. The van der Waals surface area contributed by atoms with E-state index in [0.29, 0.717) is 12.5 Å². The second-order valence-corrected chi connectivity index (χ2v) is 7.57. The minimum Gasteiger partial charge on any atom is -0.396 e. The molecule has 1 saturated heterocycles. The van der Waals surface area contributed by atoms with Gasteiger partial charge in [-0.25, -0.2) is 4.79 Å². The zero-order valence-electron chi connectivity index (χ0n) is 13.7. The fraction of sp³-hybridized carbons (Fsp3) is 0.632. The lowest BCUT2D eigenvalue weighted by atomic mass is 9.82. The number of rotatable bonds is 2. The summed E-state index contributed by atoms with van der Waals surface area (Å²) >= 11 is 0. The van der Waals surface area contributed by atoms with Gasteiger partial charge in [-0.3, -0.25) is 0 Å². The molecule has 2 fully saturated rings. The van der Waals surface area contributed by atoms with Crippen LogP contribution in [0.25, 0.3) is 0 Å². The number of aliphatic hydroxyl groups excluding tert-OH is 1. The Bertz CT molecular complexity index is 615. The first-order chi connectivity index (χ1) is 11.2. The summed E-state index contributed by atoms with van der Waals surface area (Å²) in [5.74, 6) is 0.475. The van der Waals surface area contributed by atoms with E-state index in [2.05, 4.69) is 11.4 Å². The van der Waals surface area contributed by atoms with Gasteiger partial charge in [0.05, 0.1) is 6.61 Å². The predicted molar refractivity (Wildman–Crippen MR) is 90.5 cm³/mol. The third-order valence-corrected chi connectivity index (χ3v) is 6.28. The van der Waals surface area contributed by atoms with Gasteiger partial charge >= 0.3 is 6.03 Å². The number of hydrogen-bond acceptors (Lipinski definition) is 2. The van der Waals surface area contributed by atoms with Crippen molar-refractivity contribution < 1.29 is 9.90 Å². The molecule has 1 aromatic carbocycles. The molecule has 124 valence electrons. The maximum Gasteiger partial charge on any atom is 0.321 e. The molecule has 4 nitrogen and oxygen atoms in total. The van der Waals surface area contributed by atoms with E-state index in [0.717, 1.165) is 37.9 Å². The molecule has 2 amide bonds. The van der Waals surface area contributed by atoms with E-state index in [1.807, 2.05) is 17.0 Å². The number of nitrogens with zero attached hydrogens (tertiary/aromatic N) is 1. The Balaban J connectivity index is 1.49. The number of nitrogens with one attached hydrogen (secondary N) is 1. The standard InChI is InChI=1S/C19H26N2O2/c22-13-19-10-4-7-15(19)11-21(12-19)18(23)20-17-9-3-6-14-5-1-2-8-16(14)17/h3,6,9,15,22H,1-2,4-5,7-8,10-13H2,(H,20,23)/t15?,19-/m0/s1. The van der Waals surface area contributed by atoms with Gasteiger partial charge < -0.3 is 15.3 Å². The number of aryl methyl sites for hydroxylation is 1. The number of benzene rings is 1. The zero-order chi connectivity index (χ0) is 15.9. The van der Waals surface area contributed by atoms with E-state index in [1.54, 1.807) is 0 Å². The number of hydrogen-bond donors (Lipinski definition) is 2. The van der Waals surface area contributed by atoms with Crippen molar-refractivity contribution in [1.29, 1.82) is 0 Å². The lowest BCUT2D eigenvalue weighted by Crippen LogP contribution is -2.36. The number of likely N-dealkylation sites (tertiary alicyclic amines) is 1. The molecule has 2 aliphatic carbocycles. The average molecular weight is 314 g/mol. The summed E-state index contributed by atoms with van der Waals surface area (Å²) in [5.41, 5.74) is 3.66. The van der Waals surface area contributed by atoms with Crippen LogP contribution in [-0.2, 0) is 12.8 Å². The van der Waals surface area contributed by atoms with Gasteiger partial charge in [-0.1, -0.05) is 18.6 Å². The smallest absolute Gasteiger partial charge is 0.321 e. The molecule has 1 saturated carbocycles. The monoisotopic (exact) mass is 314 g/mol. The minimum absolute atomic E-state index is 0.00574. The Morgan fingerprint density at radius 3 is 3.00 bits per heavy atom. The minimum atomic E-state index is -0.0343. The Morgan fingerprint density at radius 2 is 2.17 bits per heavy atom. The van der Waals surface area contributed by atoms with Gasteiger partial charge in [-0.2, -0.15) is 0 Å². The lowest BCUT2D eigenvalue weighted by Gasteiger charge is -2.26. The summed E-state index contributed by atoms with van der Waals surface area (Å²) in [7, 11) is 0. The van der Waals surface area contributed by atoms with Crippen LogP contribution < -0.4 is 5.32 Å². The summed E-state index contributed by atoms with van der Waals surface area (Å²) in [6, 6.07) is 6.27. The number of carbonyl (C=O) groups excluding carboxylic acids is 1. The molecule has 4 heteroatoms. The van der Waals surface area contributed by atoms with Crippen molar-refractivity contribution in [3.8, 4) is 0 Å². The third kappa shape index (κ3) is 2.53. The maximum atomic E-state index is 12.7. The summed E-state index contributed by atoms with van der Waals surface area (Å²) in [6.07, 6.45) is 8.03. The number of anilines is 1. The third-order valence-electron chi connectivity index (χ3n) is 6.28. The molecule has 0 radical (unpaired) electrons. The van der Waals surface area contributed by atoms with Gasteiger partial charge in [0.15, 0.2) is 0 Å². The average Bonchev–Trinajstić information content (AvgIpc) is 3.12. The maximum absolute atomic E-state index is 12.7. The summed E-state index contributed by atoms with van der Waals surface area (Å²) in [4.78, 5) is 14.6. The van der Waals surface area contributed by atoms with Crippen molar-refractivity contribution in [3.05, 3.63) is 29.3 Å². The van der Waals surface area contributed by atoms with Crippen molar-refractivity contribution in [2.24, 2.45) is 11.3 Å². The normalized spacial score (nSPS) is 29.3. The first kappa shape index (κ1) is 15.0. The van der Waals surface area contributed by atoms with Gasteiger partial charge in [0.1, 0.15) is 0 Å². The fourth-order valence-electron chi connectivity index (χ4n) is 4.92. The highest BCUT2D eigenvalue weighted by Crippen LogP contribution is 2.48. The van der Waals surface area contributed by atoms with Crippen molar-refractivity contribution in [1.82, 2.24) is 4.90 Å². The van der Waals surface area contributed by atoms with Crippen LogP contribution in [-0.4, -0.2) is 35.7 Å². The summed E-state index contributed by atoms with van der Waals surface area (Å²) in [6.45, 7) is 1.71.